The monoisotopic (exact) mass is 394 g/mol. The molecule has 156 valence electrons. The molecule has 8 heteroatoms. The second kappa shape index (κ2) is 12.7. The molecule has 0 aliphatic rings. The molecule has 0 radical (unpaired) electrons. The number of likely N-dealkylation sites (N-methyl/N-ethyl adjacent to an activating group) is 1. The largest absolute Gasteiger partial charge is 0.465 e. The molecule has 0 fully saturated rings. The number of nitrogens with zero attached hydrogens (tertiary/aromatic N) is 1. The number of benzene rings is 1. The van der Waals surface area contributed by atoms with E-state index in [1.165, 1.54) is 36.3 Å². The van der Waals surface area contributed by atoms with Crippen molar-refractivity contribution in [1.82, 2.24) is 10.4 Å². The van der Waals surface area contributed by atoms with Crippen molar-refractivity contribution < 1.29 is 28.7 Å². The number of nitrogens with one attached hydrogen (secondary N) is 1. The normalized spacial score (nSPS) is 11.4. The fourth-order valence-electron chi connectivity index (χ4n) is 2.53. The molecule has 1 rings (SSSR count). The molecular formula is C20H30N2O6. The molecule has 0 aliphatic heterocycles. The van der Waals surface area contributed by atoms with Crippen LogP contribution in [0.15, 0.2) is 24.3 Å². The van der Waals surface area contributed by atoms with Gasteiger partial charge in [-0.1, -0.05) is 26.7 Å². The van der Waals surface area contributed by atoms with E-state index in [1.54, 1.807) is 6.92 Å². The molecule has 1 N–H and O–H groups in total. The van der Waals surface area contributed by atoms with Crippen molar-refractivity contribution >= 4 is 18.0 Å². The van der Waals surface area contributed by atoms with Crippen molar-refractivity contribution in [2.45, 2.75) is 52.5 Å². The summed E-state index contributed by atoms with van der Waals surface area (Å²) >= 11 is 0. The van der Waals surface area contributed by atoms with Gasteiger partial charge in [-0.2, -0.15) is 0 Å². The van der Waals surface area contributed by atoms with Gasteiger partial charge in [-0.3, -0.25) is 4.84 Å². The molecule has 0 heterocycles. The molecule has 0 saturated heterocycles. The van der Waals surface area contributed by atoms with E-state index < -0.39 is 24.0 Å². The standard InChI is InChI=1S/C20H30N2O6/c1-5-8-14-27-21-20(25)22(7-3)17(9-6-2)19(24)28-16-12-10-15(11-13-16)18(23)26-4/h10-13,17H,5-9,14H2,1-4H3,(H,21,25)/t17-/m0/s1. The van der Waals surface area contributed by atoms with Crippen LogP contribution in [0.3, 0.4) is 0 Å². The van der Waals surface area contributed by atoms with Crippen LogP contribution in [0, 0.1) is 0 Å². The van der Waals surface area contributed by atoms with E-state index in [2.05, 4.69) is 10.2 Å². The van der Waals surface area contributed by atoms with Gasteiger partial charge in [0.05, 0.1) is 19.3 Å². The third-order valence-electron chi connectivity index (χ3n) is 4.07. The summed E-state index contributed by atoms with van der Waals surface area (Å²) in [5, 5.41) is 0. The second-order valence-corrected chi connectivity index (χ2v) is 6.14. The van der Waals surface area contributed by atoms with E-state index >= 15 is 0 Å². The van der Waals surface area contributed by atoms with Gasteiger partial charge in [0, 0.05) is 6.54 Å². The van der Waals surface area contributed by atoms with Crippen LogP contribution in [-0.2, 0) is 14.4 Å². The molecule has 8 nitrogen and oxygen atoms in total. The maximum absolute atomic E-state index is 12.7. The number of ether oxygens (including phenoxy) is 2. The van der Waals surface area contributed by atoms with Gasteiger partial charge in [0.25, 0.3) is 0 Å². The first-order valence-corrected chi connectivity index (χ1v) is 9.56. The SMILES string of the molecule is CCCCONC(=O)N(CC)[C@@H](CCC)C(=O)Oc1ccc(C(=O)OC)cc1. The number of hydrogen-bond donors (Lipinski definition) is 1. The first-order valence-electron chi connectivity index (χ1n) is 9.56. The van der Waals surface area contributed by atoms with Gasteiger partial charge in [0.1, 0.15) is 11.8 Å². The molecule has 2 amide bonds. The smallest absolute Gasteiger partial charge is 0.342 e. The number of rotatable bonds is 11. The number of hydrogen-bond acceptors (Lipinski definition) is 6. The lowest BCUT2D eigenvalue weighted by Crippen LogP contribution is -2.50. The predicted octanol–water partition coefficient (Wildman–Crippen LogP) is 3.31. The Labute approximate surface area is 166 Å². The van der Waals surface area contributed by atoms with Gasteiger partial charge >= 0.3 is 18.0 Å². The summed E-state index contributed by atoms with van der Waals surface area (Å²) in [7, 11) is 1.29. The minimum absolute atomic E-state index is 0.286. The lowest BCUT2D eigenvalue weighted by atomic mass is 10.1. The molecule has 0 unspecified atom stereocenters. The lowest BCUT2D eigenvalue weighted by Gasteiger charge is -2.28. The molecule has 0 spiro atoms. The van der Waals surface area contributed by atoms with Gasteiger partial charge in [-0.15, -0.1) is 0 Å². The average molecular weight is 394 g/mol. The summed E-state index contributed by atoms with van der Waals surface area (Å²) in [6.07, 6.45) is 2.93. The Balaban J connectivity index is 2.79. The maximum Gasteiger partial charge on any atom is 0.342 e. The van der Waals surface area contributed by atoms with Crippen molar-refractivity contribution in [3.63, 3.8) is 0 Å². The predicted molar refractivity (Wildman–Crippen MR) is 104 cm³/mol. The summed E-state index contributed by atoms with van der Waals surface area (Å²) in [6.45, 7) is 6.47. The van der Waals surface area contributed by atoms with Crippen molar-refractivity contribution in [2.75, 3.05) is 20.3 Å². The molecule has 1 aromatic carbocycles. The van der Waals surface area contributed by atoms with E-state index in [1.807, 2.05) is 13.8 Å². The van der Waals surface area contributed by atoms with Gasteiger partial charge in [-0.05, 0) is 44.0 Å². The van der Waals surface area contributed by atoms with Gasteiger partial charge in [0.2, 0.25) is 0 Å². The van der Waals surface area contributed by atoms with Crippen molar-refractivity contribution in [1.29, 1.82) is 0 Å². The van der Waals surface area contributed by atoms with Crippen LogP contribution in [0.25, 0.3) is 0 Å². The van der Waals surface area contributed by atoms with E-state index in [0.29, 0.717) is 31.6 Å². The number of methoxy groups -OCH3 is 1. The van der Waals surface area contributed by atoms with Crippen molar-refractivity contribution in [3.8, 4) is 5.75 Å². The molecule has 1 aromatic rings. The number of esters is 2. The molecule has 0 aromatic heterocycles. The van der Waals surface area contributed by atoms with Crippen LogP contribution in [0.5, 0.6) is 5.75 Å². The molecule has 28 heavy (non-hydrogen) atoms. The molecule has 0 aliphatic carbocycles. The molecule has 0 saturated carbocycles. The van der Waals surface area contributed by atoms with Crippen LogP contribution in [0.1, 0.15) is 56.8 Å². The van der Waals surface area contributed by atoms with Crippen molar-refractivity contribution in [2.24, 2.45) is 0 Å². The number of unbranched alkanes of at least 4 members (excludes halogenated alkanes) is 1. The van der Waals surface area contributed by atoms with Gasteiger partial charge < -0.3 is 14.4 Å². The number of urea groups is 1. The summed E-state index contributed by atoms with van der Waals surface area (Å²) in [4.78, 5) is 43.1. The maximum atomic E-state index is 12.7. The molecule has 0 bridgehead atoms. The van der Waals surface area contributed by atoms with E-state index in [4.69, 9.17) is 9.57 Å². The van der Waals surface area contributed by atoms with E-state index in [0.717, 1.165) is 12.8 Å². The third kappa shape index (κ3) is 7.19. The summed E-state index contributed by atoms with van der Waals surface area (Å²) in [5.41, 5.74) is 2.73. The van der Waals surface area contributed by atoms with Gasteiger partial charge in [0.15, 0.2) is 0 Å². The molecule has 1 atom stereocenters. The highest BCUT2D eigenvalue weighted by atomic mass is 16.7. The van der Waals surface area contributed by atoms with Crippen LogP contribution >= 0.6 is 0 Å². The van der Waals surface area contributed by atoms with Crippen LogP contribution in [-0.4, -0.2) is 49.2 Å². The minimum atomic E-state index is -0.745. The van der Waals surface area contributed by atoms with Crippen LogP contribution < -0.4 is 10.2 Å². The second-order valence-electron chi connectivity index (χ2n) is 6.14. The summed E-state index contributed by atoms with van der Waals surface area (Å²) in [6, 6.07) is 4.82. The number of hydroxylamine groups is 1. The van der Waals surface area contributed by atoms with Crippen molar-refractivity contribution in [3.05, 3.63) is 29.8 Å². The highest BCUT2D eigenvalue weighted by molar-refractivity contribution is 5.89. The zero-order valence-electron chi connectivity index (χ0n) is 17.0. The van der Waals surface area contributed by atoms with Crippen LogP contribution in [0.2, 0.25) is 0 Å². The number of carbonyl (C=O) groups excluding carboxylic acids is 3. The topological polar surface area (TPSA) is 94.2 Å². The summed E-state index contributed by atoms with van der Waals surface area (Å²) in [5.74, 6) is -0.730. The fourth-order valence-corrected chi connectivity index (χ4v) is 2.53. The number of amides is 2. The highest BCUT2D eigenvalue weighted by Gasteiger charge is 2.30. The Morgan fingerprint density at radius 2 is 1.75 bits per heavy atom. The Hall–Kier alpha value is -2.61. The highest BCUT2D eigenvalue weighted by Crippen LogP contribution is 2.16. The Bertz CT molecular complexity index is 632. The number of carbonyl (C=O) groups is 3. The fraction of sp³-hybridized carbons (Fsp3) is 0.550. The third-order valence-corrected chi connectivity index (χ3v) is 4.07. The van der Waals surface area contributed by atoms with E-state index in [9.17, 15) is 14.4 Å². The zero-order valence-corrected chi connectivity index (χ0v) is 17.0. The van der Waals surface area contributed by atoms with Crippen LogP contribution in [0.4, 0.5) is 4.79 Å². The average Bonchev–Trinajstić information content (AvgIpc) is 2.71. The Morgan fingerprint density at radius 1 is 1.07 bits per heavy atom. The van der Waals surface area contributed by atoms with Gasteiger partial charge in [-0.25, -0.2) is 19.9 Å². The zero-order chi connectivity index (χ0) is 20.9. The first kappa shape index (κ1) is 23.4. The summed E-state index contributed by atoms with van der Waals surface area (Å²) < 4.78 is 10.1. The van der Waals surface area contributed by atoms with E-state index in [-0.39, 0.29) is 5.75 Å². The Morgan fingerprint density at radius 3 is 2.29 bits per heavy atom. The Kier molecular flexibility index (Phi) is 10.6. The molecular weight excluding hydrogens is 364 g/mol. The lowest BCUT2D eigenvalue weighted by molar-refractivity contribution is -0.139. The quantitative estimate of drug-likeness (QED) is 0.268. The first-order chi connectivity index (χ1) is 13.5. The minimum Gasteiger partial charge on any atom is -0.465 e.